The lowest BCUT2D eigenvalue weighted by Crippen LogP contribution is -2.40. The Morgan fingerprint density at radius 2 is 2.40 bits per heavy atom. The van der Waals surface area contributed by atoms with Crippen molar-refractivity contribution in [3.8, 4) is 0 Å². The Labute approximate surface area is 91.0 Å². The van der Waals surface area contributed by atoms with Gasteiger partial charge in [-0.1, -0.05) is 13.0 Å². The smallest absolute Gasteiger partial charge is 0.227 e. The number of rotatable bonds is 5. The van der Waals surface area contributed by atoms with Crippen LogP contribution in [0.15, 0.2) is 12.7 Å². The highest BCUT2D eigenvalue weighted by Gasteiger charge is 2.32. The fraction of sp³-hybridized carbons (Fsp3) is 0.727. The van der Waals surface area contributed by atoms with Crippen LogP contribution >= 0.6 is 0 Å². The van der Waals surface area contributed by atoms with E-state index in [2.05, 4.69) is 18.8 Å². The van der Waals surface area contributed by atoms with Gasteiger partial charge in [0.25, 0.3) is 0 Å². The van der Waals surface area contributed by atoms with Gasteiger partial charge in [-0.25, -0.2) is 0 Å². The predicted molar refractivity (Wildman–Crippen MR) is 59.4 cm³/mol. The lowest BCUT2D eigenvalue weighted by molar-refractivity contribution is -0.135. The lowest BCUT2D eigenvalue weighted by atomic mass is 9.96. The number of nitrogens with zero attached hydrogens (tertiary/aromatic N) is 1. The van der Waals surface area contributed by atoms with E-state index in [1.54, 1.807) is 11.0 Å². The molecule has 0 unspecified atom stereocenters. The highest BCUT2D eigenvalue weighted by Crippen LogP contribution is 2.18. The number of amides is 1. The molecule has 1 rings (SSSR count). The van der Waals surface area contributed by atoms with E-state index in [1.807, 2.05) is 0 Å². The maximum absolute atomic E-state index is 12.1. The zero-order valence-corrected chi connectivity index (χ0v) is 9.28. The Bertz CT molecular complexity index is 231. The summed E-state index contributed by atoms with van der Waals surface area (Å²) in [5.41, 5.74) is 0. The molecule has 0 aromatic carbocycles. The Hall–Kier alpha value is -0.870. The summed E-state index contributed by atoms with van der Waals surface area (Å²) in [6.45, 7) is 8.27. The van der Waals surface area contributed by atoms with Gasteiger partial charge in [0.2, 0.25) is 5.91 Å². The number of aliphatic hydroxyl groups is 1. The molecule has 15 heavy (non-hydrogen) atoms. The minimum absolute atomic E-state index is 0.00805. The highest BCUT2D eigenvalue weighted by atomic mass is 16.3. The molecule has 0 spiro atoms. The summed E-state index contributed by atoms with van der Waals surface area (Å²) in [4.78, 5) is 13.7. The second-order valence-electron chi connectivity index (χ2n) is 4.04. The molecule has 2 atom stereocenters. The molecule has 4 heteroatoms. The number of aliphatic hydroxyl groups excluding tert-OH is 1. The molecule has 4 nitrogen and oxygen atoms in total. The van der Waals surface area contributed by atoms with Gasteiger partial charge in [0.15, 0.2) is 0 Å². The van der Waals surface area contributed by atoms with Crippen molar-refractivity contribution in [1.29, 1.82) is 0 Å². The van der Waals surface area contributed by atoms with Crippen molar-refractivity contribution in [2.45, 2.75) is 6.92 Å². The van der Waals surface area contributed by atoms with E-state index in [0.717, 1.165) is 13.1 Å². The average Bonchev–Trinajstić information content (AvgIpc) is 2.63. The fourth-order valence-electron chi connectivity index (χ4n) is 1.94. The third kappa shape index (κ3) is 3.04. The normalized spacial score (nSPS) is 25.2. The zero-order valence-electron chi connectivity index (χ0n) is 9.28. The van der Waals surface area contributed by atoms with Crippen molar-refractivity contribution in [3.05, 3.63) is 12.7 Å². The predicted octanol–water partition coefficient (Wildman–Crippen LogP) is -0.151. The molecule has 0 saturated carbocycles. The van der Waals surface area contributed by atoms with Crippen molar-refractivity contribution in [2.24, 2.45) is 11.8 Å². The van der Waals surface area contributed by atoms with Gasteiger partial charge < -0.3 is 15.3 Å². The first-order valence-corrected chi connectivity index (χ1v) is 5.42. The monoisotopic (exact) mass is 212 g/mol. The first-order valence-electron chi connectivity index (χ1n) is 5.42. The molecule has 0 aromatic rings. The second kappa shape index (κ2) is 5.88. The topological polar surface area (TPSA) is 52.6 Å². The third-order valence-electron chi connectivity index (χ3n) is 2.87. The van der Waals surface area contributed by atoms with Crippen molar-refractivity contribution in [1.82, 2.24) is 10.2 Å². The maximum atomic E-state index is 12.1. The van der Waals surface area contributed by atoms with Crippen LogP contribution in [0.3, 0.4) is 0 Å². The summed E-state index contributed by atoms with van der Waals surface area (Å²) in [6.07, 6.45) is 1.70. The van der Waals surface area contributed by atoms with E-state index in [0.29, 0.717) is 19.0 Å². The van der Waals surface area contributed by atoms with Crippen LogP contribution in [0.2, 0.25) is 0 Å². The van der Waals surface area contributed by atoms with E-state index in [-0.39, 0.29) is 18.4 Å². The van der Waals surface area contributed by atoms with Crippen LogP contribution in [0.25, 0.3) is 0 Å². The molecule has 0 aliphatic carbocycles. The molecule has 0 bridgehead atoms. The molecule has 1 amide bonds. The summed E-state index contributed by atoms with van der Waals surface area (Å²) >= 11 is 0. The minimum Gasteiger partial charge on any atom is -0.395 e. The van der Waals surface area contributed by atoms with Gasteiger partial charge in [-0.05, 0) is 12.5 Å². The Morgan fingerprint density at radius 1 is 1.67 bits per heavy atom. The van der Waals surface area contributed by atoms with Crippen LogP contribution in [0.4, 0.5) is 0 Å². The summed E-state index contributed by atoms with van der Waals surface area (Å²) in [5, 5.41) is 12.1. The Balaban J connectivity index is 2.57. The number of hydrogen-bond acceptors (Lipinski definition) is 3. The van der Waals surface area contributed by atoms with Gasteiger partial charge in [-0.2, -0.15) is 0 Å². The maximum Gasteiger partial charge on any atom is 0.227 e. The number of carbonyl (C=O) groups excluding carboxylic acids is 1. The van der Waals surface area contributed by atoms with Gasteiger partial charge in [0.1, 0.15) is 0 Å². The minimum atomic E-state index is 0.00805. The van der Waals surface area contributed by atoms with Crippen molar-refractivity contribution < 1.29 is 9.90 Å². The van der Waals surface area contributed by atoms with Gasteiger partial charge in [-0.3, -0.25) is 4.79 Å². The van der Waals surface area contributed by atoms with Crippen LogP contribution in [-0.4, -0.2) is 48.7 Å². The molecule has 1 saturated heterocycles. The molecular weight excluding hydrogens is 192 g/mol. The quantitative estimate of drug-likeness (QED) is 0.623. The molecule has 1 fully saturated rings. The standard InChI is InChI=1S/C11H20N2O2/c1-3-4-13(5-6-14)11(15)10-8-12-7-9(10)2/h3,9-10,12,14H,1,4-8H2,2H3/t9-,10-/m1/s1. The van der Waals surface area contributed by atoms with Crippen LogP contribution in [-0.2, 0) is 4.79 Å². The first kappa shape index (κ1) is 12.2. The first-order chi connectivity index (χ1) is 7.20. The van der Waals surface area contributed by atoms with Gasteiger partial charge >= 0.3 is 0 Å². The largest absolute Gasteiger partial charge is 0.395 e. The fourth-order valence-corrected chi connectivity index (χ4v) is 1.94. The molecule has 0 radical (unpaired) electrons. The summed E-state index contributed by atoms with van der Waals surface area (Å²) in [6, 6.07) is 0. The molecule has 0 aromatic heterocycles. The van der Waals surface area contributed by atoms with Gasteiger partial charge in [-0.15, -0.1) is 6.58 Å². The molecule has 1 aliphatic rings. The average molecular weight is 212 g/mol. The van der Waals surface area contributed by atoms with Crippen LogP contribution in [0.1, 0.15) is 6.92 Å². The van der Waals surface area contributed by atoms with E-state index < -0.39 is 0 Å². The van der Waals surface area contributed by atoms with E-state index in [4.69, 9.17) is 5.11 Å². The molecular formula is C11H20N2O2. The second-order valence-corrected chi connectivity index (χ2v) is 4.04. The zero-order chi connectivity index (χ0) is 11.3. The summed E-state index contributed by atoms with van der Waals surface area (Å²) < 4.78 is 0. The van der Waals surface area contributed by atoms with Crippen molar-refractivity contribution in [3.63, 3.8) is 0 Å². The van der Waals surface area contributed by atoms with Crippen LogP contribution < -0.4 is 5.32 Å². The van der Waals surface area contributed by atoms with Crippen LogP contribution in [0.5, 0.6) is 0 Å². The molecule has 86 valence electrons. The Kier molecular flexibility index (Phi) is 4.78. The summed E-state index contributed by atoms with van der Waals surface area (Å²) in [7, 11) is 0. The van der Waals surface area contributed by atoms with Crippen molar-refractivity contribution >= 4 is 5.91 Å². The molecule has 1 heterocycles. The molecule has 1 aliphatic heterocycles. The third-order valence-corrected chi connectivity index (χ3v) is 2.87. The van der Waals surface area contributed by atoms with E-state index in [9.17, 15) is 4.79 Å². The lowest BCUT2D eigenvalue weighted by Gasteiger charge is -2.25. The van der Waals surface area contributed by atoms with E-state index in [1.165, 1.54) is 0 Å². The Morgan fingerprint density at radius 3 is 2.87 bits per heavy atom. The molecule has 2 N–H and O–H groups in total. The van der Waals surface area contributed by atoms with E-state index >= 15 is 0 Å². The van der Waals surface area contributed by atoms with Gasteiger partial charge in [0.05, 0.1) is 12.5 Å². The van der Waals surface area contributed by atoms with Crippen LogP contribution in [0, 0.1) is 11.8 Å². The number of nitrogens with one attached hydrogen (secondary N) is 1. The highest BCUT2D eigenvalue weighted by molar-refractivity contribution is 5.80. The number of hydrogen-bond donors (Lipinski definition) is 2. The van der Waals surface area contributed by atoms with Gasteiger partial charge in [0, 0.05) is 19.6 Å². The number of carbonyl (C=O) groups is 1. The summed E-state index contributed by atoms with van der Waals surface area (Å²) in [5.74, 6) is 0.557. The van der Waals surface area contributed by atoms with Crippen molar-refractivity contribution in [2.75, 3.05) is 32.8 Å². The SMILES string of the molecule is C=CCN(CCO)C(=O)[C@@H]1CNC[C@H]1C.